The van der Waals surface area contributed by atoms with Gasteiger partial charge in [0.2, 0.25) is 0 Å². The molecule has 2 atom stereocenters. The Morgan fingerprint density at radius 2 is 2.00 bits per heavy atom. The van der Waals surface area contributed by atoms with Gasteiger partial charge in [-0.3, -0.25) is 9.78 Å². The lowest BCUT2D eigenvalue weighted by Crippen LogP contribution is -2.47. The van der Waals surface area contributed by atoms with E-state index >= 15 is 0 Å². The summed E-state index contributed by atoms with van der Waals surface area (Å²) in [6.45, 7) is 1.78. The average molecular weight is 286 g/mol. The summed E-state index contributed by atoms with van der Waals surface area (Å²) < 4.78 is 38.8. The quantitative estimate of drug-likeness (QED) is 0.907. The van der Waals surface area contributed by atoms with Gasteiger partial charge in [-0.1, -0.05) is 12.8 Å². The van der Waals surface area contributed by atoms with Crippen LogP contribution in [0.15, 0.2) is 18.3 Å². The van der Waals surface area contributed by atoms with Gasteiger partial charge in [0.1, 0.15) is 0 Å². The highest BCUT2D eigenvalue weighted by molar-refractivity contribution is 5.94. The van der Waals surface area contributed by atoms with Crippen LogP contribution in [0.25, 0.3) is 0 Å². The zero-order chi connectivity index (χ0) is 14.8. The van der Waals surface area contributed by atoms with Crippen molar-refractivity contribution in [3.05, 3.63) is 29.6 Å². The number of rotatable bonds is 2. The number of hydrogen-bond donors (Lipinski definition) is 1. The Morgan fingerprint density at radius 1 is 1.30 bits per heavy atom. The predicted molar refractivity (Wildman–Crippen MR) is 68.2 cm³/mol. The molecule has 0 spiro atoms. The molecule has 1 aromatic rings. The summed E-state index contributed by atoms with van der Waals surface area (Å²) in [5.41, 5.74) is 1.05. The van der Waals surface area contributed by atoms with Crippen molar-refractivity contribution in [1.82, 2.24) is 10.3 Å². The van der Waals surface area contributed by atoms with Crippen molar-refractivity contribution in [2.75, 3.05) is 0 Å². The van der Waals surface area contributed by atoms with Crippen LogP contribution in [0.2, 0.25) is 0 Å². The van der Waals surface area contributed by atoms with Crippen LogP contribution < -0.4 is 5.32 Å². The maximum Gasteiger partial charge on any atom is 0.393 e. The topological polar surface area (TPSA) is 42.0 Å². The summed E-state index contributed by atoms with van der Waals surface area (Å²) in [5.74, 6) is -1.93. The number of hydrogen-bond acceptors (Lipinski definition) is 2. The van der Waals surface area contributed by atoms with E-state index in [9.17, 15) is 18.0 Å². The average Bonchev–Trinajstić information content (AvgIpc) is 2.38. The Bertz CT molecular complexity index is 470. The van der Waals surface area contributed by atoms with Crippen LogP contribution in [-0.4, -0.2) is 23.1 Å². The Labute approximate surface area is 115 Å². The van der Waals surface area contributed by atoms with Crippen molar-refractivity contribution in [2.24, 2.45) is 5.92 Å². The maximum atomic E-state index is 12.9. The number of carbonyl (C=O) groups excluding carboxylic acids is 1. The molecule has 1 amide bonds. The lowest BCUT2D eigenvalue weighted by atomic mass is 9.84. The van der Waals surface area contributed by atoms with Crippen molar-refractivity contribution in [2.45, 2.75) is 44.8 Å². The van der Waals surface area contributed by atoms with Crippen LogP contribution in [0.5, 0.6) is 0 Å². The van der Waals surface area contributed by atoms with Crippen LogP contribution >= 0.6 is 0 Å². The number of amides is 1. The van der Waals surface area contributed by atoms with Crippen molar-refractivity contribution in [1.29, 1.82) is 0 Å². The van der Waals surface area contributed by atoms with Crippen molar-refractivity contribution in [3.63, 3.8) is 0 Å². The Kier molecular flexibility index (Phi) is 4.30. The predicted octanol–water partition coefficient (Wildman–Crippen LogP) is 3.24. The number of nitrogens with zero attached hydrogens (tertiary/aromatic N) is 1. The smallest absolute Gasteiger partial charge is 0.349 e. The number of carbonyl (C=O) groups is 1. The molecule has 0 unspecified atom stereocenters. The molecule has 1 aromatic heterocycles. The monoisotopic (exact) mass is 286 g/mol. The summed E-state index contributed by atoms with van der Waals surface area (Å²) in [7, 11) is 0. The first-order chi connectivity index (χ1) is 9.38. The molecule has 1 aliphatic carbocycles. The van der Waals surface area contributed by atoms with Crippen LogP contribution in [0, 0.1) is 12.8 Å². The minimum atomic E-state index is -4.26. The lowest BCUT2D eigenvalue weighted by molar-refractivity contribution is -0.187. The molecule has 20 heavy (non-hydrogen) atoms. The minimum Gasteiger partial charge on any atom is -0.349 e. The zero-order valence-electron chi connectivity index (χ0n) is 11.2. The van der Waals surface area contributed by atoms with E-state index in [1.165, 1.54) is 6.20 Å². The minimum absolute atomic E-state index is 0.0839. The fraction of sp³-hybridized carbons (Fsp3) is 0.571. The van der Waals surface area contributed by atoms with E-state index in [-0.39, 0.29) is 6.42 Å². The number of halogens is 3. The van der Waals surface area contributed by atoms with Gasteiger partial charge in [0.05, 0.1) is 11.5 Å². The summed E-state index contributed by atoms with van der Waals surface area (Å²) in [5, 5.41) is 2.51. The van der Waals surface area contributed by atoms with Gasteiger partial charge in [-0.15, -0.1) is 0 Å². The van der Waals surface area contributed by atoms with Gasteiger partial charge in [0.25, 0.3) is 5.91 Å². The number of pyridine rings is 1. The number of aromatic nitrogens is 1. The molecule has 3 nitrogen and oxygen atoms in total. The van der Waals surface area contributed by atoms with Crippen molar-refractivity contribution < 1.29 is 18.0 Å². The summed E-state index contributed by atoms with van der Waals surface area (Å²) >= 11 is 0. The van der Waals surface area contributed by atoms with Crippen LogP contribution in [0.4, 0.5) is 13.2 Å². The first kappa shape index (κ1) is 14.8. The van der Waals surface area contributed by atoms with Gasteiger partial charge in [-0.05, 0) is 31.9 Å². The first-order valence-corrected chi connectivity index (χ1v) is 6.68. The fourth-order valence-electron chi connectivity index (χ4n) is 2.55. The molecule has 110 valence electrons. The Morgan fingerprint density at radius 3 is 2.60 bits per heavy atom. The highest BCUT2D eigenvalue weighted by Crippen LogP contribution is 2.37. The molecule has 0 radical (unpaired) electrons. The molecule has 1 saturated carbocycles. The second-order valence-corrected chi connectivity index (χ2v) is 5.20. The van der Waals surface area contributed by atoms with Gasteiger partial charge in [0, 0.05) is 17.9 Å². The van der Waals surface area contributed by atoms with Gasteiger partial charge in [0.15, 0.2) is 0 Å². The van der Waals surface area contributed by atoms with Crippen LogP contribution in [0.3, 0.4) is 0 Å². The molecule has 0 aliphatic heterocycles. The second kappa shape index (κ2) is 5.81. The maximum absolute atomic E-state index is 12.9. The van der Waals surface area contributed by atoms with Crippen molar-refractivity contribution >= 4 is 5.91 Å². The molecular formula is C14H17F3N2O. The third-order valence-corrected chi connectivity index (χ3v) is 3.68. The van der Waals surface area contributed by atoms with Crippen LogP contribution in [-0.2, 0) is 0 Å². The molecule has 1 fully saturated rings. The summed E-state index contributed by atoms with van der Waals surface area (Å²) in [6.07, 6.45) is -1.15. The van der Waals surface area contributed by atoms with E-state index < -0.39 is 24.0 Å². The van der Waals surface area contributed by atoms with E-state index in [1.54, 1.807) is 19.1 Å². The SMILES string of the molecule is Cc1ccc(C(=O)N[C@@H]2CCCC[C@@H]2C(F)(F)F)cn1. The van der Waals surface area contributed by atoms with E-state index in [2.05, 4.69) is 10.3 Å². The van der Waals surface area contributed by atoms with Gasteiger partial charge >= 0.3 is 6.18 Å². The zero-order valence-corrected chi connectivity index (χ0v) is 11.2. The van der Waals surface area contributed by atoms with E-state index in [4.69, 9.17) is 0 Å². The van der Waals surface area contributed by atoms with Crippen LogP contribution in [0.1, 0.15) is 41.7 Å². The van der Waals surface area contributed by atoms with E-state index in [1.807, 2.05) is 0 Å². The van der Waals surface area contributed by atoms with Gasteiger partial charge in [-0.2, -0.15) is 13.2 Å². The molecule has 0 bridgehead atoms. The molecule has 1 N–H and O–H groups in total. The van der Waals surface area contributed by atoms with Gasteiger partial charge < -0.3 is 5.32 Å². The van der Waals surface area contributed by atoms with Gasteiger partial charge in [-0.25, -0.2) is 0 Å². The summed E-state index contributed by atoms with van der Waals surface area (Å²) in [4.78, 5) is 16.0. The molecule has 1 heterocycles. The lowest BCUT2D eigenvalue weighted by Gasteiger charge is -2.33. The Balaban J connectivity index is 2.07. The number of alkyl halides is 3. The molecule has 2 rings (SSSR count). The molecular weight excluding hydrogens is 269 g/mol. The van der Waals surface area contributed by atoms with Crippen molar-refractivity contribution in [3.8, 4) is 0 Å². The molecule has 0 aromatic carbocycles. The third-order valence-electron chi connectivity index (χ3n) is 3.68. The molecule has 1 aliphatic rings. The normalized spacial score (nSPS) is 23.4. The standard InChI is InChI=1S/C14H17F3N2O/c1-9-6-7-10(8-18-9)13(20)19-12-5-3-2-4-11(12)14(15,16)17/h6-8,11-12H,2-5H2,1H3,(H,19,20)/t11-,12+/m0/s1. The first-order valence-electron chi connectivity index (χ1n) is 6.68. The third kappa shape index (κ3) is 3.49. The highest BCUT2D eigenvalue weighted by Gasteiger charge is 2.45. The molecule has 6 heteroatoms. The van der Waals surface area contributed by atoms with E-state index in [0.717, 1.165) is 5.69 Å². The molecule has 0 saturated heterocycles. The highest BCUT2D eigenvalue weighted by atomic mass is 19.4. The van der Waals surface area contributed by atoms with E-state index in [0.29, 0.717) is 24.8 Å². The summed E-state index contributed by atoms with van der Waals surface area (Å²) in [6, 6.07) is 2.40. The number of nitrogens with one attached hydrogen (secondary N) is 1. The Hall–Kier alpha value is -1.59. The number of aryl methyl sites for hydroxylation is 1. The largest absolute Gasteiger partial charge is 0.393 e. The second-order valence-electron chi connectivity index (χ2n) is 5.20. The fourth-order valence-corrected chi connectivity index (χ4v) is 2.55.